The van der Waals surface area contributed by atoms with Crippen molar-refractivity contribution in [2.75, 3.05) is 0 Å². The van der Waals surface area contributed by atoms with Crippen molar-refractivity contribution in [3.8, 4) is 16.4 Å². The SMILES string of the molecule is Cc1ccc(-c2c(C=O)nnn2-c2nnc(C)s2)cc1. The summed E-state index contributed by atoms with van der Waals surface area (Å²) in [6.07, 6.45) is 0.701. The van der Waals surface area contributed by atoms with Gasteiger partial charge in [-0.3, -0.25) is 4.79 Å². The zero-order chi connectivity index (χ0) is 14.1. The molecule has 6 nitrogen and oxygen atoms in total. The maximum atomic E-state index is 11.2. The second-order valence-corrected chi connectivity index (χ2v) is 5.48. The van der Waals surface area contributed by atoms with Crippen molar-refractivity contribution in [2.45, 2.75) is 13.8 Å². The summed E-state index contributed by atoms with van der Waals surface area (Å²) in [6, 6.07) is 7.83. The smallest absolute Gasteiger partial charge is 0.234 e. The summed E-state index contributed by atoms with van der Waals surface area (Å²) in [5.74, 6) is 0. The highest BCUT2D eigenvalue weighted by Crippen LogP contribution is 2.25. The van der Waals surface area contributed by atoms with Crippen molar-refractivity contribution < 1.29 is 4.79 Å². The number of hydrogen-bond donors (Lipinski definition) is 0. The van der Waals surface area contributed by atoms with Gasteiger partial charge in [0.15, 0.2) is 12.0 Å². The van der Waals surface area contributed by atoms with Gasteiger partial charge in [-0.05, 0) is 13.8 Å². The van der Waals surface area contributed by atoms with E-state index in [-0.39, 0.29) is 0 Å². The molecule has 3 aromatic rings. The minimum Gasteiger partial charge on any atom is -0.296 e. The summed E-state index contributed by atoms with van der Waals surface area (Å²) >= 11 is 1.40. The van der Waals surface area contributed by atoms with E-state index in [1.165, 1.54) is 11.3 Å². The molecule has 0 saturated carbocycles. The molecule has 0 atom stereocenters. The topological polar surface area (TPSA) is 73.6 Å². The van der Waals surface area contributed by atoms with E-state index in [1.54, 1.807) is 4.68 Å². The number of carbonyl (C=O) groups is 1. The first-order valence-corrected chi connectivity index (χ1v) is 6.79. The lowest BCUT2D eigenvalue weighted by atomic mass is 10.1. The van der Waals surface area contributed by atoms with Gasteiger partial charge in [-0.15, -0.1) is 15.3 Å². The van der Waals surface area contributed by atoms with Crippen LogP contribution in [0.15, 0.2) is 24.3 Å². The second kappa shape index (κ2) is 4.93. The van der Waals surface area contributed by atoms with Crippen molar-refractivity contribution in [2.24, 2.45) is 0 Å². The number of hydrogen-bond acceptors (Lipinski definition) is 6. The fourth-order valence-electron chi connectivity index (χ4n) is 1.86. The normalized spacial score (nSPS) is 10.7. The second-order valence-electron chi connectivity index (χ2n) is 4.32. The van der Waals surface area contributed by atoms with Gasteiger partial charge < -0.3 is 0 Å². The van der Waals surface area contributed by atoms with Crippen LogP contribution in [0, 0.1) is 13.8 Å². The summed E-state index contributed by atoms with van der Waals surface area (Å²) in [7, 11) is 0. The van der Waals surface area contributed by atoms with Crippen LogP contribution in [0.2, 0.25) is 0 Å². The molecular weight excluding hydrogens is 274 g/mol. The third kappa shape index (κ3) is 2.12. The number of aromatic nitrogens is 5. The fourth-order valence-corrected chi connectivity index (χ4v) is 2.50. The average molecular weight is 285 g/mol. The molecule has 3 rings (SSSR count). The molecule has 0 aliphatic heterocycles. The van der Waals surface area contributed by atoms with E-state index >= 15 is 0 Å². The molecule has 7 heteroatoms. The lowest BCUT2D eigenvalue weighted by Crippen LogP contribution is -1.99. The molecule has 0 bridgehead atoms. The van der Waals surface area contributed by atoms with E-state index < -0.39 is 0 Å². The maximum Gasteiger partial charge on any atom is 0.234 e. The van der Waals surface area contributed by atoms with Crippen LogP contribution in [0.3, 0.4) is 0 Å². The molecule has 20 heavy (non-hydrogen) atoms. The summed E-state index contributed by atoms with van der Waals surface area (Å²) in [6.45, 7) is 3.87. The number of rotatable bonds is 3. The van der Waals surface area contributed by atoms with Gasteiger partial charge in [0.2, 0.25) is 5.13 Å². The van der Waals surface area contributed by atoms with Gasteiger partial charge in [-0.25, -0.2) is 0 Å². The molecule has 2 heterocycles. The Morgan fingerprint density at radius 3 is 2.45 bits per heavy atom. The van der Waals surface area contributed by atoms with Crippen LogP contribution in [0.5, 0.6) is 0 Å². The van der Waals surface area contributed by atoms with Gasteiger partial charge in [-0.2, -0.15) is 4.68 Å². The van der Waals surface area contributed by atoms with E-state index in [9.17, 15) is 4.79 Å². The Balaban J connectivity index is 2.20. The van der Waals surface area contributed by atoms with Crippen LogP contribution in [0.1, 0.15) is 21.1 Å². The van der Waals surface area contributed by atoms with Crippen LogP contribution >= 0.6 is 11.3 Å². The fraction of sp³-hybridized carbons (Fsp3) is 0.154. The number of aryl methyl sites for hydroxylation is 2. The van der Waals surface area contributed by atoms with Crippen molar-refractivity contribution >= 4 is 17.6 Å². The van der Waals surface area contributed by atoms with Crippen molar-refractivity contribution in [3.63, 3.8) is 0 Å². The molecule has 0 radical (unpaired) electrons. The van der Waals surface area contributed by atoms with Crippen LogP contribution in [0.25, 0.3) is 16.4 Å². The highest BCUT2D eigenvalue weighted by atomic mass is 32.1. The van der Waals surface area contributed by atoms with Crippen LogP contribution in [0.4, 0.5) is 0 Å². The average Bonchev–Trinajstić information content (AvgIpc) is 3.05. The lowest BCUT2D eigenvalue weighted by molar-refractivity contribution is 0.111. The third-order valence-electron chi connectivity index (χ3n) is 2.83. The molecule has 0 saturated heterocycles. The molecule has 0 aliphatic rings. The Labute approximate surface area is 119 Å². The molecule has 100 valence electrons. The Hall–Kier alpha value is -2.41. The minimum atomic E-state index is 0.293. The summed E-state index contributed by atoms with van der Waals surface area (Å²) in [5, 5.41) is 17.4. The molecule has 0 N–H and O–H groups in total. The van der Waals surface area contributed by atoms with Gasteiger partial charge in [0, 0.05) is 5.56 Å². The van der Waals surface area contributed by atoms with E-state index in [2.05, 4.69) is 20.5 Å². The molecule has 2 aromatic heterocycles. The first kappa shape index (κ1) is 12.6. The van der Waals surface area contributed by atoms with Gasteiger partial charge in [0.05, 0.1) is 0 Å². The van der Waals surface area contributed by atoms with Gasteiger partial charge in [0.25, 0.3) is 0 Å². The number of benzene rings is 1. The Morgan fingerprint density at radius 1 is 1.10 bits per heavy atom. The number of nitrogens with zero attached hydrogens (tertiary/aromatic N) is 5. The van der Waals surface area contributed by atoms with Crippen molar-refractivity contribution in [1.29, 1.82) is 0 Å². The maximum absolute atomic E-state index is 11.2. The molecule has 0 amide bonds. The van der Waals surface area contributed by atoms with E-state index in [0.29, 0.717) is 22.8 Å². The third-order valence-corrected chi connectivity index (χ3v) is 3.64. The predicted octanol–water partition coefficient (Wildman–Crippen LogP) is 2.22. The molecule has 0 aliphatic carbocycles. The highest BCUT2D eigenvalue weighted by molar-refractivity contribution is 7.13. The Kier molecular flexibility index (Phi) is 3.11. The Bertz CT molecular complexity index is 759. The molecule has 1 aromatic carbocycles. The number of aldehydes is 1. The predicted molar refractivity (Wildman–Crippen MR) is 75.1 cm³/mol. The monoisotopic (exact) mass is 285 g/mol. The molecule has 0 unspecified atom stereocenters. The van der Waals surface area contributed by atoms with Gasteiger partial charge >= 0.3 is 0 Å². The molecule has 0 spiro atoms. The van der Waals surface area contributed by atoms with Crippen LogP contribution in [-0.4, -0.2) is 31.5 Å². The highest BCUT2D eigenvalue weighted by Gasteiger charge is 2.18. The van der Waals surface area contributed by atoms with Crippen LogP contribution in [-0.2, 0) is 0 Å². The van der Waals surface area contributed by atoms with Crippen molar-refractivity contribution in [3.05, 3.63) is 40.5 Å². The summed E-state index contributed by atoms with van der Waals surface area (Å²) in [4.78, 5) is 11.2. The Morgan fingerprint density at radius 2 is 1.85 bits per heavy atom. The number of carbonyl (C=O) groups excluding carboxylic acids is 1. The first-order chi connectivity index (χ1) is 9.69. The molecular formula is C13H11N5OS. The lowest BCUT2D eigenvalue weighted by Gasteiger charge is -2.03. The standard InChI is InChI=1S/C13H11N5OS/c1-8-3-5-10(6-4-8)12-11(7-19)15-17-18(12)13-16-14-9(2)20-13/h3-7H,1-2H3. The minimum absolute atomic E-state index is 0.293. The summed E-state index contributed by atoms with van der Waals surface area (Å²) < 4.78 is 1.55. The van der Waals surface area contributed by atoms with Crippen LogP contribution < -0.4 is 0 Å². The summed E-state index contributed by atoms with van der Waals surface area (Å²) in [5.41, 5.74) is 2.94. The quantitative estimate of drug-likeness (QED) is 0.690. The van der Waals surface area contributed by atoms with E-state index in [0.717, 1.165) is 16.1 Å². The van der Waals surface area contributed by atoms with Gasteiger partial charge in [0.1, 0.15) is 10.7 Å². The van der Waals surface area contributed by atoms with E-state index in [1.807, 2.05) is 38.1 Å². The molecule has 0 fully saturated rings. The zero-order valence-electron chi connectivity index (χ0n) is 10.9. The first-order valence-electron chi connectivity index (χ1n) is 5.97. The van der Waals surface area contributed by atoms with Gasteiger partial charge in [-0.1, -0.05) is 46.4 Å². The zero-order valence-corrected chi connectivity index (χ0v) is 11.8. The van der Waals surface area contributed by atoms with Crippen molar-refractivity contribution in [1.82, 2.24) is 25.2 Å². The largest absolute Gasteiger partial charge is 0.296 e. The van der Waals surface area contributed by atoms with E-state index in [4.69, 9.17) is 0 Å².